The Morgan fingerprint density at radius 2 is 1.62 bits per heavy atom. The zero-order valence-electron chi connectivity index (χ0n) is 20.3. The average Bonchev–Trinajstić information content (AvgIpc) is 2.90. The second-order valence-corrected chi connectivity index (χ2v) is 9.50. The minimum atomic E-state index is -0.469. The van der Waals surface area contributed by atoms with Gasteiger partial charge in [-0.1, -0.05) is 42.5 Å². The Kier molecular flexibility index (Phi) is 8.08. The topological polar surface area (TPSA) is 59.8 Å². The summed E-state index contributed by atoms with van der Waals surface area (Å²) >= 11 is 0. The summed E-state index contributed by atoms with van der Waals surface area (Å²) in [4.78, 5) is 19.4. The second kappa shape index (κ2) is 11.4. The van der Waals surface area contributed by atoms with Gasteiger partial charge in [0.15, 0.2) is 0 Å². The Morgan fingerprint density at radius 1 is 0.941 bits per heavy atom. The van der Waals surface area contributed by atoms with Gasteiger partial charge in [-0.05, 0) is 50.4 Å². The summed E-state index contributed by atoms with van der Waals surface area (Å²) in [6, 6.07) is 20.8. The lowest BCUT2D eigenvalue weighted by atomic mass is 9.74. The van der Waals surface area contributed by atoms with Crippen molar-refractivity contribution < 1.29 is 9.53 Å². The van der Waals surface area contributed by atoms with Crippen molar-refractivity contribution in [3.63, 3.8) is 0 Å². The molecule has 1 amide bonds. The van der Waals surface area contributed by atoms with Crippen LogP contribution in [0.5, 0.6) is 5.75 Å². The van der Waals surface area contributed by atoms with E-state index in [9.17, 15) is 10.1 Å². The number of nitrogens with zero attached hydrogens (tertiary/aromatic N) is 4. The molecule has 2 aromatic rings. The molecular formula is C28H36N4O2. The number of para-hydroxylation sites is 2. The number of piperazine rings is 1. The van der Waals surface area contributed by atoms with Crippen molar-refractivity contribution in [3.05, 3.63) is 60.2 Å². The van der Waals surface area contributed by atoms with Gasteiger partial charge in [-0.25, -0.2) is 0 Å². The largest absolute Gasteiger partial charge is 0.491 e. The van der Waals surface area contributed by atoms with Crippen LogP contribution in [0.1, 0.15) is 37.7 Å². The van der Waals surface area contributed by atoms with Crippen molar-refractivity contribution >= 4 is 11.6 Å². The van der Waals surface area contributed by atoms with Crippen LogP contribution in [0.2, 0.25) is 0 Å². The molecule has 6 heteroatoms. The van der Waals surface area contributed by atoms with Crippen LogP contribution < -0.4 is 9.64 Å². The van der Waals surface area contributed by atoms with E-state index in [0.29, 0.717) is 39.0 Å². The molecule has 6 nitrogen and oxygen atoms in total. The minimum absolute atomic E-state index is 0.192. The fourth-order valence-electron chi connectivity index (χ4n) is 4.97. The van der Waals surface area contributed by atoms with Crippen LogP contribution in [0.25, 0.3) is 0 Å². The van der Waals surface area contributed by atoms with E-state index >= 15 is 0 Å². The summed E-state index contributed by atoms with van der Waals surface area (Å²) in [5.74, 6) is 1.13. The number of likely N-dealkylation sites (N-methyl/N-ethyl adjacent to an activating group) is 1. The van der Waals surface area contributed by atoms with Gasteiger partial charge in [-0.15, -0.1) is 0 Å². The van der Waals surface area contributed by atoms with E-state index in [-0.39, 0.29) is 5.91 Å². The van der Waals surface area contributed by atoms with Gasteiger partial charge in [0.1, 0.15) is 5.75 Å². The number of rotatable bonds is 8. The lowest BCUT2D eigenvalue weighted by Gasteiger charge is -2.37. The molecule has 0 saturated carbocycles. The molecule has 0 unspecified atom stereocenters. The third-order valence-electron chi connectivity index (χ3n) is 7.26. The van der Waals surface area contributed by atoms with Crippen molar-refractivity contribution in [2.45, 2.75) is 37.5 Å². The van der Waals surface area contributed by atoms with Gasteiger partial charge in [0.2, 0.25) is 5.91 Å². The van der Waals surface area contributed by atoms with E-state index in [1.165, 1.54) is 5.69 Å². The molecule has 4 rings (SSSR count). The first-order chi connectivity index (χ1) is 16.6. The van der Waals surface area contributed by atoms with Crippen molar-refractivity contribution in [2.24, 2.45) is 0 Å². The maximum Gasteiger partial charge on any atom is 0.222 e. The summed E-state index contributed by atoms with van der Waals surface area (Å²) in [5, 5.41) is 9.86. The summed E-state index contributed by atoms with van der Waals surface area (Å²) in [6.07, 6.45) is 3.60. The van der Waals surface area contributed by atoms with Gasteiger partial charge < -0.3 is 19.4 Å². The molecule has 2 fully saturated rings. The summed E-state index contributed by atoms with van der Waals surface area (Å²) in [5.41, 5.74) is 1.77. The first kappa shape index (κ1) is 24.1. The van der Waals surface area contributed by atoms with E-state index in [2.05, 4.69) is 35.0 Å². The average molecular weight is 461 g/mol. The van der Waals surface area contributed by atoms with Gasteiger partial charge in [-0.2, -0.15) is 5.26 Å². The molecular weight excluding hydrogens is 424 g/mol. The predicted octanol–water partition coefficient (Wildman–Crippen LogP) is 4.07. The Labute approximate surface area is 203 Å². The highest BCUT2D eigenvalue weighted by Crippen LogP contribution is 2.35. The van der Waals surface area contributed by atoms with Gasteiger partial charge in [0.25, 0.3) is 0 Å². The van der Waals surface area contributed by atoms with Crippen molar-refractivity contribution in [1.82, 2.24) is 9.80 Å². The van der Waals surface area contributed by atoms with Crippen LogP contribution >= 0.6 is 0 Å². The Morgan fingerprint density at radius 3 is 2.32 bits per heavy atom. The molecule has 2 aliphatic heterocycles. The molecule has 2 aliphatic rings. The number of hydrogen-bond acceptors (Lipinski definition) is 5. The lowest BCUT2D eigenvalue weighted by Crippen LogP contribution is -2.44. The van der Waals surface area contributed by atoms with Crippen LogP contribution in [-0.4, -0.2) is 68.6 Å². The normalized spacial score (nSPS) is 18.4. The highest BCUT2D eigenvalue weighted by molar-refractivity contribution is 5.76. The number of piperidine rings is 1. The molecule has 2 aromatic carbocycles. The molecule has 180 valence electrons. The van der Waals surface area contributed by atoms with Gasteiger partial charge in [0.05, 0.1) is 23.8 Å². The minimum Gasteiger partial charge on any atom is -0.491 e. The molecule has 2 heterocycles. The first-order valence-electron chi connectivity index (χ1n) is 12.5. The van der Waals surface area contributed by atoms with Gasteiger partial charge >= 0.3 is 0 Å². The molecule has 0 bridgehead atoms. The zero-order chi connectivity index (χ0) is 23.8. The number of carbonyl (C=O) groups excluding carboxylic acids is 1. The van der Waals surface area contributed by atoms with E-state index in [0.717, 1.165) is 50.3 Å². The number of unbranched alkanes of at least 4 members (excludes halogenated alkanes) is 1. The fraction of sp³-hybridized carbons (Fsp3) is 0.500. The molecule has 0 atom stereocenters. The number of hydrogen-bond donors (Lipinski definition) is 0. The number of carbonyl (C=O) groups is 1. The highest BCUT2D eigenvalue weighted by atomic mass is 16.5. The van der Waals surface area contributed by atoms with E-state index < -0.39 is 5.41 Å². The molecule has 0 N–H and O–H groups in total. The Hall–Kier alpha value is -3.04. The molecule has 34 heavy (non-hydrogen) atoms. The first-order valence-corrected chi connectivity index (χ1v) is 12.5. The van der Waals surface area contributed by atoms with Crippen LogP contribution in [0, 0.1) is 11.3 Å². The number of ether oxygens (including phenoxy) is 1. The van der Waals surface area contributed by atoms with Crippen LogP contribution in [0.15, 0.2) is 54.6 Å². The molecule has 2 saturated heterocycles. The molecule has 0 aliphatic carbocycles. The Balaban J connectivity index is 1.19. The summed E-state index contributed by atoms with van der Waals surface area (Å²) < 4.78 is 6.12. The summed E-state index contributed by atoms with van der Waals surface area (Å²) in [6.45, 7) is 6.06. The number of likely N-dealkylation sites (tertiary alicyclic amines) is 1. The van der Waals surface area contributed by atoms with Gasteiger partial charge in [0, 0.05) is 45.7 Å². The van der Waals surface area contributed by atoms with Crippen LogP contribution in [-0.2, 0) is 10.2 Å². The second-order valence-electron chi connectivity index (χ2n) is 9.50. The molecule has 0 aromatic heterocycles. The highest BCUT2D eigenvalue weighted by Gasteiger charge is 2.37. The standard InChI is InChI=1S/C28H36N4O2/c1-30-18-20-31(21-19-30)25-11-5-6-12-26(25)34-22-8-7-13-27(33)32-16-14-28(23-29,15-17-32)24-9-3-2-4-10-24/h2-6,9-12H,7-8,13-22H2,1H3. The lowest BCUT2D eigenvalue weighted by molar-refractivity contribution is -0.132. The zero-order valence-corrected chi connectivity index (χ0v) is 20.3. The molecule has 0 spiro atoms. The van der Waals surface area contributed by atoms with Crippen molar-refractivity contribution in [3.8, 4) is 11.8 Å². The number of benzene rings is 2. The fourth-order valence-corrected chi connectivity index (χ4v) is 4.97. The van der Waals surface area contributed by atoms with Crippen LogP contribution in [0.3, 0.4) is 0 Å². The van der Waals surface area contributed by atoms with Gasteiger partial charge in [-0.3, -0.25) is 4.79 Å². The quantitative estimate of drug-likeness (QED) is 0.556. The van der Waals surface area contributed by atoms with E-state index in [4.69, 9.17) is 4.74 Å². The predicted molar refractivity (Wildman–Crippen MR) is 135 cm³/mol. The number of nitriles is 1. The SMILES string of the molecule is CN1CCN(c2ccccc2OCCCCC(=O)N2CCC(C#N)(c3ccccc3)CC2)CC1. The van der Waals surface area contributed by atoms with E-state index in [1.54, 1.807) is 0 Å². The Bertz CT molecular complexity index is 971. The van der Waals surface area contributed by atoms with E-state index in [1.807, 2.05) is 47.4 Å². The van der Waals surface area contributed by atoms with Crippen molar-refractivity contribution in [1.29, 1.82) is 5.26 Å². The maximum absolute atomic E-state index is 12.7. The maximum atomic E-state index is 12.7. The molecule has 0 radical (unpaired) electrons. The summed E-state index contributed by atoms with van der Waals surface area (Å²) in [7, 11) is 2.16. The third-order valence-corrected chi connectivity index (χ3v) is 7.26. The van der Waals surface area contributed by atoms with Crippen molar-refractivity contribution in [2.75, 3.05) is 57.8 Å². The number of anilines is 1. The number of amides is 1. The third kappa shape index (κ3) is 5.71. The monoisotopic (exact) mass is 460 g/mol. The smallest absolute Gasteiger partial charge is 0.222 e. The van der Waals surface area contributed by atoms with Crippen LogP contribution in [0.4, 0.5) is 5.69 Å².